The van der Waals surface area contributed by atoms with Crippen LogP contribution in [0.2, 0.25) is 0 Å². The lowest BCUT2D eigenvalue weighted by molar-refractivity contribution is 0.100. The number of carbonyl (C=O) groups is 1. The fourth-order valence-corrected chi connectivity index (χ4v) is 2.80. The summed E-state index contributed by atoms with van der Waals surface area (Å²) in [6.07, 6.45) is 0. The van der Waals surface area contributed by atoms with E-state index in [4.69, 9.17) is 5.73 Å². The van der Waals surface area contributed by atoms with Crippen LogP contribution in [0.25, 0.3) is 0 Å². The third kappa shape index (κ3) is 2.50. The van der Waals surface area contributed by atoms with E-state index in [1.807, 2.05) is 0 Å². The Balaban J connectivity index is 1.81. The first-order valence-electron chi connectivity index (χ1n) is 6.95. The van der Waals surface area contributed by atoms with E-state index < -0.39 is 5.91 Å². The maximum atomic E-state index is 11.5. The van der Waals surface area contributed by atoms with E-state index in [2.05, 4.69) is 33.9 Å². The molecule has 3 rings (SSSR count). The lowest BCUT2D eigenvalue weighted by Crippen LogP contribution is -2.15. The number of anilines is 1. The molecule has 1 aliphatic rings. The third-order valence-corrected chi connectivity index (χ3v) is 3.83. The van der Waals surface area contributed by atoms with Crippen molar-refractivity contribution in [1.82, 2.24) is 15.1 Å². The van der Waals surface area contributed by atoms with Crippen LogP contribution in [0.3, 0.4) is 0 Å². The van der Waals surface area contributed by atoms with E-state index in [1.165, 1.54) is 16.7 Å². The van der Waals surface area contributed by atoms with E-state index in [9.17, 15) is 4.79 Å². The molecule has 0 fully saturated rings. The Kier molecular flexibility index (Phi) is 3.39. The summed E-state index contributed by atoms with van der Waals surface area (Å²) < 4.78 is 1.66. The Labute approximate surface area is 123 Å². The summed E-state index contributed by atoms with van der Waals surface area (Å²) in [4.78, 5) is 11.5. The molecule has 1 amide bonds. The van der Waals surface area contributed by atoms with Crippen LogP contribution >= 0.6 is 0 Å². The topological polar surface area (TPSA) is 85.0 Å². The molecule has 0 spiro atoms. The normalized spacial score (nSPS) is 13.2. The van der Waals surface area contributed by atoms with Gasteiger partial charge >= 0.3 is 0 Å². The summed E-state index contributed by atoms with van der Waals surface area (Å²) in [5, 5.41) is 10.8. The van der Waals surface area contributed by atoms with Crippen LogP contribution < -0.4 is 16.4 Å². The predicted octanol–water partition coefficient (Wildman–Crippen LogP) is 1.04. The van der Waals surface area contributed by atoms with Gasteiger partial charge in [0.05, 0.1) is 5.69 Å². The highest BCUT2D eigenvalue weighted by atomic mass is 16.1. The van der Waals surface area contributed by atoms with Gasteiger partial charge in [-0.3, -0.25) is 9.48 Å². The molecule has 0 saturated carbocycles. The van der Waals surface area contributed by atoms with E-state index in [-0.39, 0.29) is 0 Å². The molecule has 0 unspecified atom stereocenters. The van der Waals surface area contributed by atoms with Crippen molar-refractivity contribution in [3.05, 3.63) is 46.1 Å². The fourth-order valence-electron chi connectivity index (χ4n) is 2.80. The summed E-state index contributed by atoms with van der Waals surface area (Å²) in [5.41, 5.74) is 10.4. The molecule has 21 heavy (non-hydrogen) atoms. The van der Waals surface area contributed by atoms with Gasteiger partial charge in [-0.1, -0.05) is 18.2 Å². The second kappa shape index (κ2) is 5.21. The highest BCUT2D eigenvalue weighted by Gasteiger charge is 2.18. The van der Waals surface area contributed by atoms with Gasteiger partial charge in [0.25, 0.3) is 5.91 Å². The Morgan fingerprint density at radius 3 is 2.95 bits per heavy atom. The standard InChI is InChI=1S/C15H19N5O/c1-9-13(14(16)21)15(20(2)19-9)18-6-10-3-4-11-7-17-8-12(11)5-10/h3-5,17-18H,6-8H2,1-2H3,(H2,16,21). The van der Waals surface area contributed by atoms with Gasteiger partial charge in [-0.05, 0) is 23.6 Å². The average molecular weight is 285 g/mol. The highest BCUT2D eigenvalue weighted by Crippen LogP contribution is 2.21. The molecule has 110 valence electrons. The molecular formula is C15H19N5O. The van der Waals surface area contributed by atoms with Gasteiger partial charge in [-0.15, -0.1) is 0 Å². The number of hydrogen-bond acceptors (Lipinski definition) is 4. The minimum absolute atomic E-state index is 0.457. The van der Waals surface area contributed by atoms with E-state index in [0.29, 0.717) is 23.6 Å². The van der Waals surface area contributed by atoms with Crippen LogP contribution in [0.5, 0.6) is 0 Å². The van der Waals surface area contributed by atoms with Crippen molar-refractivity contribution < 1.29 is 4.79 Å². The first-order valence-corrected chi connectivity index (χ1v) is 6.95. The van der Waals surface area contributed by atoms with E-state index in [0.717, 1.165) is 13.1 Å². The summed E-state index contributed by atoms with van der Waals surface area (Å²) >= 11 is 0. The molecule has 1 aromatic carbocycles. The molecule has 1 aliphatic heterocycles. The summed E-state index contributed by atoms with van der Waals surface area (Å²) in [7, 11) is 1.80. The molecule has 6 nitrogen and oxygen atoms in total. The Morgan fingerprint density at radius 1 is 1.43 bits per heavy atom. The van der Waals surface area contributed by atoms with Crippen LogP contribution in [-0.4, -0.2) is 15.7 Å². The molecule has 0 saturated heterocycles. The number of benzene rings is 1. The van der Waals surface area contributed by atoms with Crippen molar-refractivity contribution in [3.63, 3.8) is 0 Å². The minimum atomic E-state index is -0.457. The minimum Gasteiger partial charge on any atom is -0.366 e. The SMILES string of the molecule is Cc1nn(C)c(NCc2ccc3c(c2)CNC3)c1C(N)=O. The zero-order valence-electron chi connectivity index (χ0n) is 12.2. The van der Waals surface area contributed by atoms with Crippen molar-refractivity contribution in [2.45, 2.75) is 26.6 Å². The molecule has 4 N–H and O–H groups in total. The number of carbonyl (C=O) groups excluding carboxylic acids is 1. The van der Waals surface area contributed by atoms with Crippen LogP contribution in [0.1, 0.15) is 32.7 Å². The lowest BCUT2D eigenvalue weighted by atomic mass is 10.1. The second-order valence-corrected chi connectivity index (χ2v) is 5.36. The molecule has 2 aromatic rings. The van der Waals surface area contributed by atoms with Gasteiger partial charge < -0.3 is 16.4 Å². The van der Waals surface area contributed by atoms with Crippen LogP contribution in [0, 0.1) is 6.92 Å². The van der Waals surface area contributed by atoms with Crippen LogP contribution in [-0.2, 0) is 26.7 Å². The summed E-state index contributed by atoms with van der Waals surface area (Å²) in [5.74, 6) is 0.208. The zero-order chi connectivity index (χ0) is 15.0. The molecule has 0 aliphatic carbocycles. The van der Waals surface area contributed by atoms with E-state index in [1.54, 1.807) is 18.7 Å². The Bertz CT molecular complexity index is 704. The largest absolute Gasteiger partial charge is 0.366 e. The Morgan fingerprint density at radius 2 is 2.19 bits per heavy atom. The van der Waals surface area contributed by atoms with Crippen molar-refractivity contribution in [1.29, 1.82) is 0 Å². The maximum absolute atomic E-state index is 11.5. The quantitative estimate of drug-likeness (QED) is 0.783. The number of nitrogens with one attached hydrogen (secondary N) is 2. The van der Waals surface area contributed by atoms with Gasteiger partial charge in [0.15, 0.2) is 0 Å². The molecule has 0 radical (unpaired) electrons. The van der Waals surface area contributed by atoms with Gasteiger partial charge in [0, 0.05) is 26.7 Å². The monoisotopic (exact) mass is 285 g/mol. The van der Waals surface area contributed by atoms with Gasteiger partial charge in [-0.25, -0.2) is 0 Å². The lowest BCUT2D eigenvalue weighted by Gasteiger charge is -2.09. The summed E-state index contributed by atoms with van der Waals surface area (Å²) in [6, 6.07) is 6.44. The van der Waals surface area contributed by atoms with Gasteiger partial charge in [0.2, 0.25) is 0 Å². The number of primary amides is 1. The maximum Gasteiger partial charge on any atom is 0.254 e. The van der Waals surface area contributed by atoms with Gasteiger partial charge in [-0.2, -0.15) is 5.10 Å². The first kappa shape index (κ1) is 13.6. The van der Waals surface area contributed by atoms with E-state index >= 15 is 0 Å². The van der Waals surface area contributed by atoms with Gasteiger partial charge in [0.1, 0.15) is 11.4 Å². The first-order chi connectivity index (χ1) is 10.1. The number of aryl methyl sites for hydroxylation is 2. The van der Waals surface area contributed by atoms with Crippen molar-refractivity contribution in [2.24, 2.45) is 12.8 Å². The highest BCUT2D eigenvalue weighted by molar-refractivity contribution is 5.98. The Hall–Kier alpha value is -2.34. The number of hydrogen-bond donors (Lipinski definition) is 3. The van der Waals surface area contributed by atoms with Crippen molar-refractivity contribution in [2.75, 3.05) is 5.32 Å². The molecular weight excluding hydrogens is 266 g/mol. The number of rotatable bonds is 4. The number of nitrogens with two attached hydrogens (primary N) is 1. The summed E-state index contributed by atoms with van der Waals surface area (Å²) in [6.45, 7) is 4.27. The number of nitrogens with zero attached hydrogens (tertiary/aromatic N) is 2. The fraction of sp³-hybridized carbons (Fsp3) is 0.333. The molecule has 2 heterocycles. The smallest absolute Gasteiger partial charge is 0.254 e. The molecule has 6 heteroatoms. The third-order valence-electron chi connectivity index (χ3n) is 3.83. The predicted molar refractivity (Wildman–Crippen MR) is 80.8 cm³/mol. The van der Waals surface area contributed by atoms with Crippen molar-refractivity contribution >= 4 is 11.7 Å². The average Bonchev–Trinajstić information content (AvgIpc) is 2.99. The molecule has 1 aromatic heterocycles. The number of aromatic nitrogens is 2. The molecule has 0 atom stereocenters. The van der Waals surface area contributed by atoms with Crippen LogP contribution in [0.15, 0.2) is 18.2 Å². The van der Waals surface area contributed by atoms with Crippen molar-refractivity contribution in [3.8, 4) is 0 Å². The number of amides is 1. The second-order valence-electron chi connectivity index (χ2n) is 5.36. The zero-order valence-corrected chi connectivity index (χ0v) is 12.2. The van der Waals surface area contributed by atoms with Crippen LogP contribution in [0.4, 0.5) is 5.82 Å². The number of fused-ring (bicyclic) bond motifs is 1. The molecule has 0 bridgehead atoms.